The minimum absolute atomic E-state index is 0.171. The Kier molecular flexibility index (Phi) is 6.79. The summed E-state index contributed by atoms with van der Waals surface area (Å²) in [7, 11) is 3.22. The molecule has 7 nitrogen and oxygen atoms in total. The van der Waals surface area contributed by atoms with Gasteiger partial charge in [-0.25, -0.2) is 14.8 Å². The third-order valence-electron chi connectivity index (χ3n) is 4.99. The first-order valence-electron chi connectivity index (χ1n) is 10.3. The fourth-order valence-electron chi connectivity index (χ4n) is 3.60. The average Bonchev–Trinajstić information content (AvgIpc) is 3.03. The van der Waals surface area contributed by atoms with Crippen LogP contribution in [0.3, 0.4) is 0 Å². The number of aromatic nitrogens is 1. The highest BCUT2D eigenvalue weighted by Gasteiger charge is 2.32. The number of nitrogens with zero attached hydrogens (tertiary/aromatic N) is 3. The van der Waals surface area contributed by atoms with Gasteiger partial charge in [-0.15, -0.1) is 0 Å². The molecular formula is C23H30BrN3O4. The van der Waals surface area contributed by atoms with E-state index in [9.17, 15) is 4.79 Å². The Morgan fingerprint density at radius 1 is 1.16 bits per heavy atom. The molecule has 0 saturated carbocycles. The zero-order valence-electron chi connectivity index (χ0n) is 19.1. The van der Waals surface area contributed by atoms with Crippen LogP contribution in [0, 0.1) is 5.92 Å². The summed E-state index contributed by atoms with van der Waals surface area (Å²) in [5.74, 6) is 1.39. The largest absolute Gasteiger partial charge is 0.483 e. The zero-order valence-corrected chi connectivity index (χ0v) is 20.7. The molecule has 31 heavy (non-hydrogen) atoms. The van der Waals surface area contributed by atoms with E-state index in [2.05, 4.69) is 29.8 Å². The summed E-state index contributed by atoms with van der Waals surface area (Å²) in [5, 5.41) is 0.949. The maximum Gasteiger partial charge on any atom is 0.419 e. The van der Waals surface area contributed by atoms with Gasteiger partial charge in [-0.1, -0.05) is 35.8 Å². The molecule has 1 aliphatic rings. The molecule has 2 heterocycles. The number of carbonyl (C=O) groups is 1. The van der Waals surface area contributed by atoms with Gasteiger partial charge in [0.2, 0.25) is 11.8 Å². The summed E-state index contributed by atoms with van der Waals surface area (Å²) in [5.41, 5.74) is 1.12. The van der Waals surface area contributed by atoms with Gasteiger partial charge in [0.15, 0.2) is 0 Å². The minimum Gasteiger partial charge on any atom is -0.483 e. The molecule has 8 heteroatoms. The van der Waals surface area contributed by atoms with Crippen LogP contribution in [0.4, 0.5) is 4.79 Å². The van der Waals surface area contributed by atoms with E-state index in [1.165, 1.54) is 0 Å². The zero-order chi connectivity index (χ0) is 22.9. The smallest absolute Gasteiger partial charge is 0.419 e. The van der Waals surface area contributed by atoms with E-state index >= 15 is 0 Å². The predicted octanol–water partition coefficient (Wildman–Crippen LogP) is 5.23. The summed E-state index contributed by atoms with van der Waals surface area (Å²) < 4.78 is 19.1. The van der Waals surface area contributed by atoms with Crippen molar-refractivity contribution in [2.75, 3.05) is 14.2 Å². The monoisotopic (exact) mass is 491 g/mol. The van der Waals surface area contributed by atoms with Crippen LogP contribution in [0.15, 0.2) is 38.9 Å². The van der Waals surface area contributed by atoms with Gasteiger partial charge in [0, 0.05) is 22.5 Å². The second-order valence-corrected chi connectivity index (χ2v) is 9.83. The first kappa shape index (κ1) is 23.3. The summed E-state index contributed by atoms with van der Waals surface area (Å²) in [6.07, 6.45) is 1.90. The SMILES string of the molecule is COC1=N[C@H](C(C)C)C(OC)=N[C@H]1Cc1cn(C(=O)OC(C)(C)C)c2cc(Br)ccc12. The summed E-state index contributed by atoms with van der Waals surface area (Å²) in [6.45, 7) is 9.69. The Morgan fingerprint density at radius 2 is 1.84 bits per heavy atom. The highest BCUT2D eigenvalue weighted by atomic mass is 79.9. The summed E-state index contributed by atoms with van der Waals surface area (Å²) in [6, 6.07) is 5.34. The Hall–Kier alpha value is -2.35. The van der Waals surface area contributed by atoms with Crippen molar-refractivity contribution in [3.05, 3.63) is 34.4 Å². The van der Waals surface area contributed by atoms with Crippen LogP contribution in [0.1, 0.15) is 40.2 Å². The Balaban J connectivity index is 2.02. The molecule has 0 aliphatic carbocycles. The van der Waals surface area contributed by atoms with Crippen LogP contribution >= 0.6 is 15.9 Å². The quantitative estimate of drug-likeness (QED) is 0.589. The van der Waals surface area contributed by atoms with Gasteiger partial charge in [-0.05, 0) is 44.4 Å². The van der Waals surface area contributed by atoms with E-state index in [-0.39, 0.29) is 18.0 Å². The molecule has 0 radical (unpaired) electrons. The normalized spacial score (nSPS) is 19.3. The van der Waals surface area contributed by atoms with Crippen molar-refractivity contribution in [1.82, 2.24) is 4.57 Å². The molecule has 0 unspecified atom stereocenters. The third-order valence-corrected chi connectivity index (χ3v) is 5.48. The van der Waals surface area contributed by atoms with Crippen molar-refractivity contribution in [2.45, 2.75) is 58.7 Å². The number of rotatable bonds is 3. The highest BCUT2D eigenvalue weighted by Crippen LogP contribution is 2.29. The van der Waals surface area contributed by atoms with E-state index in [1.807, 2.05) is 45.2 Å². The third kappa shape index (κ3) is 5.11. The Morgan fingerprint density at radius 3 is 2.42 bits per heavy atom. The highest BCUT2D eigenvalue weighted by molar-refractivity contribution is 9.10. The molecule has 2 aromatic rings. The number of carbonyl (C=O) groups excluding carboxylic acids is 1. The predicted molar refractivity (Wildman–Crippen MR) is 126 cm³/mol. The minimum atomic E-state index is -0.595. The van der Waals surface area contributed by atoms with Gasteiger partial charge >= 0.3 is 6.09 Å². The van der Waals surface area contributed by atoms with Crippen LogP contribution in [0.2, 0.25) is 0 Å². The lowest BCUT2D eigenvalue weighted by molar-refractivity contribution is 0.0544. The van der Waals surface area contributed by atoms with Gasteiger partial charge in [0.05, 0.1) is 19.7 Å². The molecule has 2 atom stereocenters. The van der Waals surface area contributed by atoms with Crippen molar-refractivity contribution in [3.8, 4) is 0 Å². The van der Waals surface area contributed by atoms with Crippen LogP contribution in [0.5, 0.6) is 0 Å². The first-order chi connectivity index (χ1) is 14.5. The van der Waals surface area contributed by atoms with Gasteiger partial charge < -0.3 is 14.2 Å². The van der Waals surface area contributed by atoms with Crippen molar-refractivity contribution < 1.29 is 19.0 Å². The van der Waals surface area contributed by atoms with Gasteiger partial charge in [-0.3, -0.25) is 4.57 Å². The molecule has 0 N–H and O–H groups in total. The molecule has 0 fully saturated rings. The van der Waals surface area contributed by atoms with Crippen molar-refractivity contribution in [2.24, 2.45) is 15.9 Å². The van der Waals surface area contributed by atoms with Gasteiger partial charge in [-0.2, -0.15) is 0 Å². The van der Waals surface area contributed by atoms with E-state index in [1.54, 1.807) is 18.8 Å². The number of aliphatic imine (C=N–C) groups is 2. The molecule has 1 aromatic heterocycles. The van der Waals surface area contributed by atoms with Crippen molar-refractivity contribution >= 4 is 44.7 Å². The first-order valence-corrected chi connectivity index (χ1v) is 11.1. The standard InChI is InChI=1S/C23H30BrN3O4/c1-13(2)19-21(30-7)25-17(20(26-19)29-6)10-14-12-27(22(28)31-23(3,4)5)18-11-15(24)8-9-16(14)18/h8-9,11-13,17,19H,10H2,1-7H3/t17-,19+/m0/s1. The molecule has 0 spiro atoms. The lowest BCUT2D eigenvalue weighted by Gasteiger charge is -2.27. The topological polar surface area (TPSA) is 74.4 Å². The molecular weight excluding hydrogens is 462 g/mol. The Bertz CT molecular complexity index is 1030. The lowest BCUT2D eigenvalue weighted by atomic mass is 10.0. The fourth-order valence-corrected chi connectivity index (χ4v) is 3.95. The lowest BCUT2D eigenvalue weighted by Crippen LogP contribution is -2.38. The van der Waals surface area contributed by atoms with Crippen LogP contribution in [0.25, 0.3) is 10.9 Å². The fraction of sp³-hybridized carbons (Fsp3) is 0.522. The number of methoxy groups -OCH3 is 2. The van der Waals surface area contributed by atoms with E-state index < -0.39 is 11.7 Å². The van der Waals surface area contributed by atoms with Gasteiger partial charge in [0.1, 0.15) is 17.7 Å². The van der Waals surface area contributed by atoms with E-state index in [0.29, 0.717) is 18.2 Å². The maximum absolute atomic E-state index is 12.9. The number of ether oxygens (including phenoxy) is 3. The van der Waals surface area contributed by atoms with E-state index in [0.717, 1.165) is 20.9 Å². The summed E-state index contributed by atoms with van der Waals surface area (Å²) in [4.78, 5) is 22.4. The molecule has 1 aromatic carbocycles. The molecule has 0 amide bonds. The van der Waals surface area contributed by atoms with E-state index in [4.69, 9.17) is 24.2 Å². The number of halogens is 1. The van der Waals surface area contributed by atoms with Crippen molar-refractivity contribution in [3.63, 3.8) is 0 Å². The van der Waals surface area contributed by atoms with Crippen molar-refractivity contribution in [1.29, 1.82) is 0 Å². The van der Waals surface area contributed by atoms with Crippen LogP contribution in [-0.2, 0) is 20.6 Å². The maximum atomic E-state index is 12.9. The number of hydrogen-bond donors (Lipinski definition) is 0. The second-order valence-electron chi connectivity index (χ2n) is 8.92. The van der Waals surface area contributed by atoms with Gasteiger partial charge in [0.25, 0.3) is 0 Å². The molecule has 0 bridgehead atoms. The second kappa shape index (κ2) is 9.02. The summed E-state index contributed by atoms with van der Waals surface area (Å²) >= 11 is 3.50. The molecule has 3 rings (SSSR count). The number of fused-ring (bicyclic) bond motifs is 1. The van der Waals surface area contributed by atoms with Crippen LogP contribution < -0.4 is 0 Å². The number of benzene rings is 1. The van der Waals surface area contributed by atoms with Crippen LogP contribution in [-0.4, -0.2) is 54.4 Å². The molecule has 168 valence electrons. The molecule has 0 saturated heterocycles. The number of hydrogen-bond acceptors (Lipinski definition) is 6. The molecule has 1 aliphatic heterocycles. The Labute approximate surface area is 191 Å². The average molecular weight is 492 g/mol.